The molecule has 0 spiro atoms. The maximum absolute atomic E-state index is 12.9. The van der Waals surface area contributed by atoms with E-state index in [1.807, 2.05) is 24.3 Å². The van der Waals surface area contributed by atoms with Crippen molar-refractivity contribution >= 4 is 28.5 Å². The summed E-state index contributed by atoms with van der Waals surface area (Å²) in [5.41, 5.74) is 7.53. The number of hydrogen-bond donors (Lipinski definition) is 2. The number of carbonyl (C=O) groups excluding carboxylic acids is 1. The van der Waals surface area contributed by atoms with Crippen LogP contribution in [0.4, 0.5) is 5.69 Å². The molecule has 0 aliphatic carbocycles. The summed E-state index contributed by atoms with van der Waals surface area (Å²) in [5.74, 6) is 1.77. The van der Waals surface area contributed by atoms with Gasteiger partial charge in [-0.1, -0.05) is 23.9 Å². The smallest absolute Gasteiger partial charge is 0.259 e. The first-order valence-corrected chi connectivity index (χ1v) is 10.1. The summed E-state index contributed by atoms with van der Waals surface area (Å²) in [4.78, 5) is 17.6. The number of anilines is 1. The number of amidine groups is 1. The van der Waals surface area contributed by atoms with Crippen molar-refractivity contribution in [3.8, 4) is 17.2 Å². The quantitative estimate of drug-likeness (QED) is 0.748. The fourth-order valence-corrected chi connectivity index (χ4v) is 4.28. The molecule has 1 unspecified atom stereocenters. The summed E-state index contributed by atoms with van der Waals surface area (Å²) in [5, 5.41) is 3.52. The first-order chi connectivity index (χ1) is 13.9. The number of benzene rings is 2. The number of rotatable bonds is 6. The molecule has 0 bridgehead atoms. The molecule has 0 saturated heterocycles. The van der Waals surface area contributed by atoms with E-state index < -0.39 is 5.54 Å². The minimum absolute atomic E-state index is 0.313. The highest BCUT2D eigenvalue weighted by atomic mass is 32.2. The molecule has 2 aromatic carbocycles. The van der Waals surface area contributed by atoms with Gasteiger partial charge in [0.15, 0.2) is 16.7 Å². The average molecular weight is 416 g/mol. The lowest BCUT2D eigenvalue weighted by atomic mass is 9.89. The number of carbonyl (C=O) groups is 1. The molecule has 3 rings (SSSR count). The van der Waals surface area contributed by atoms with E-state index in [-0.39, 0.29) is 5.91 Å². The van der Waals surface area contributed by atoms with Crippen LogP contribution in [0.3, 0.4) is 0 Å². The third-order valence-electron chi connectivity index (χ3n) is 4.89. The number of hydrogen-bond acceptors (Lipinski definition) is 7. The first-order valence-electron chi connectivity index (χ1n) is 9.11. The Labute approximate surface area is 174 Å². The molecule has 0 saturated carbocycles. The number of methoxy groups -OCH3 is 3. The fourth-order valence-electron chi connectivity index (χ4n) is 3.31. The van der Waals surface area contributed by atoms with Gasteiger partial charge < -0.3 is 25.3 Å². The van der Waals surface area contributed by atoms with Gasteiger partial charge in [-0.3, -0.25) is 9.79 Å². The van der Waals surface area contributed by atoms with Crippen LogP contribution >= 0.6 is 11.8 Å². The Morgan fingerprint density at radius 2 is 1.90 bits per heavy atom. The zero-order valence-electron chi connectivity index (χ0n) is 16.9. The van der Waals surface area contributed by atoms with Crippen molar-refractivity contribution in [3.63, 3.8) is 0 Å². The van der Waals surface area contributed by atoms with Crippen molar-refractivity contribution in [2.24, 2.45) is 10.7 Å². The van der Waals surface area contributed by atoms with Crippen molar-refractivity contribution in [2.75, 3.05) is 32.4 Å². The van der Waals surface area contributed by atoms with E-state index in [0.29, 0.717) is 33.7 Å². The number of aliphatic imine (C=N–C) groups is 1. The zero-order chi connectivity index (χ0) is 21.0. The lowest BCUT2D eigenvalue weighted by Gasteiger charge is -2.30. The molecule has 0 fully saturated rings. The third-order valence-corrected chi connectivity index (χ3v) is 5.68. The van der Waals surface area contributed by atoms with Gasteiger partial charge in [0, 0.05) is 11.4 Å². The standard InChI is InChI=1S/C21H25N3O4S/c1-21(10-11-29-20(22)24-21)13-6-5-7-14(12-13)23-19(25)15-8-9-16(26-2)18(28-4)17(15)27-3/h5-9,12H,10-11H2,1-4H3,(H2,22,24)(H,23,25). The highest BCUT2D eigenvalue weighted by Gasteiger charge is 2.29. The second kappa shape index (κ2) is 8.65. The molecule has 7 nitrogen and oxygen atoms in total. The van der Waals surface area contributed by atoms with Gasteiger partial charge in [0.25, 0.3) is 5.91 Å². The molecular formula is C21H25N3O4S. The van der Waals surface area contributed by atoms with Gasteiger partial charge in [0.05, 0.1) is 32.4 Å². The molecule has 154 valence electrons. The Morgan fingerprint density at radius 1 is 1.14 bits per heavy atom. The van der Waals surface area contributed by atoms with E-state index in [0.717, 1.165) is 17.7 Å². The summed E-state index contributed by atoms with van der Waals surface area (Å²) < 4.78 is 16.1. The number of nitrogens with zero attached hydrogens (tertiary/aromatic N) is 1. The van der Waals surface area contributed by atoms with Crippen LogP contribution in [0.15, 0.2) is 41.4 Å². The highest BCUT2D eigenvalue weighted by molar-refractivity contribution is 8.13. The number of amides is 1. The van der Waals surface area contributed by atoms with Crippen LogP contribution in [0.1, 0.15) is 29.3 Å². The summed E-state index contributed by atoms with van der Waals surface area (Å²) in [6.07, 6.45) is 0.874. The molecule has 1 heterocycles. The van der Waals surface area contributed by atoms with Crippen LogP contribution in [0.5, 0.6) is 17.2 Å². The van der Waals surface area contributed by atoms with E-state index in [2.05, 4.69) is 17.2 Å². The SMILES string of the molecule is COc1ccc(C(=O)Nc2cccc(C3(C)CCSC(N)=N3)c2)c(OC)c1OC. The van der Waals surface area contributed by atoms with Crippen LogP contribution in [-0.4, -0.2) is 38.2 Å². The Morgan fingerprint density at radius 3 is 2.55 bits per heavy atom. The Kier molecular flexibility index (Phi) is 6.22. The zero-order valence-corrected chi connectivity index (χ0v) is 17.8. The Hall–Kier alpha value is -2.87. The lowest BCUT2D eigenvalue weighted by Crippen LogP contribution is -2.28. The predicted octanol–water partition coefficient (Wildman–Crippen LogP) is 3.63. The van der Waals surface area contributed by atoms with Crippen molar-refractivity contribution in [3.05, 3.63) is 47.5 Å². The van der Waals surface area contributed by atoms with Crippen molar-refractivity contribution < 1.29 is 19.0 Å². The van der Waals surface area contributed by atoms with Crippen molar-refractivity contribution in [1.29, 1.82) is 0 Å². The Balaban J connectivity index is 1.90. The molecule has 0 aromatic heterocycles. The molecule has 3 N–H and O–H groups in total. The molecular weight excluding hydrogens is 390 g/mol. The summed E-state index contributed by atoms with van der Waals surface area (Å²) >= 11 is 1.56. The van der Waals surface area contributed by atoms with Gasteiger partial charge in [-0.2, -0.15) is 0 Å². The number of ether oxygens (including phenoxy) is 3. The summed E-state index contributed by atoms with van der Waals surface area (Å²) in [7, 11) is 4.52. The van der Waals surface area contributed by atoms with Gasteiger partial charge in [-0.15, -0.1) is 0 Å². The number of nitrogens with two attached hydrogens (primary N) is 1. The van der Waals surface area contributed by atoms with E-state index in [4.69, 9.17) is 19.9 Å². The normalized spacial score (nSPS) is 18.6. The maximum atomic E-state index is 12.9. The minimum atomic E-state index is -0.406. The average Bonchev–Trinajstić information content (AvgIpc) is 2.72. The fraction of sp³-hybridized carbons (Fsp3) is 0.333. The molecule has 1 atom stereocenters. The van der Waals surface area contributed by atoms with Crippen LogP contribution in [0.25, 0.3) is 0 Å². The van der Waals surface area contributed by atoms with Crippen molar-refractivity contribution in [2.45, 2.75) is 18.9 Å². The summed E-state index contributed by atoms with van der Waals surface area (Å²) in [6.45, 7) is 2.05. The Bertz CT molecular complexity index is 948. The monoisotopic (exact) mass is 415 g/mol. The minimum Gasteiger partial charge on any atom is -0.493 e. The van der Waals surface area contributed by atoms with Crippen LogP contribution in [0.2, 0.25) is 0 Å². The predicted molar refractivity (Wildman–Crippen MR) is 117 cm³/mol. The molecule has 1 amide bonds. The van der Waals surface area contributed by atoms with Gasteiger partial charge in [-0.25, -0.2) is 0 Å². The molecule has 8 heteroatoms. The maximum Gasteiger partial charge on any atom is 0.259 e. The molecule has 2 aromatic rings. The molecule has 29 heavy (non-hydrogen) atoms. The highest BCUT2D eigenvalue weighted by Crippen LogP contribution is 2.40. The third kappa shape index (κ3) is 4.27. The molecule has 1 aliphatic rings. The van der Waals surface area contributed by atoms with E-state index in [9.17, 15) is 4.79 Å². The second-order valence-electron chi connectivity index (χ2n) is 6.74. The largest absolute Gasteiger partial charge is 0.493 e. The lowest BCUT2D eigenvalue weighted by molar-refractivity contribution is 0.102. The van der Waals surface area contributed by atoms with E-state index in [1.165, 1.54) is 21.3 Å². The van der Waals surface area contributed by atoms with Crippen LogP contribution in [0, 0.1) is 0 Å². The second-order valence-corrected chi connectivity index (χ2v) is 7.85. The van der Waals surface area contributed by atoms with E-state index >= 15 is 0 Å². The van der Waals surface area contributed by atoms with Gasteiger partial charge >= 0.3 is 0 Å². The number of nitrogens with one attached hydrogen (secondary N) is 1. The number of thioether (sulfide) groups is 1. The summed E-state index contributed by atoms with van der Waals surface area (Å²) in [6, 6.07) is 11.0. The van der Waals surface area contributed by atoms with Crippen LogP contribution in [-0.2, 0) is 5.54 Å². The van der Waals surface area contributed by atoms with Crippen molar-refractivity contribution in [1.82, 2.24) is 0 Å². The van der Waals surface area contributed by atoms with E-state index in [1.54, 1.807) is 23.9 Å². The molecule has 1 aliphatic heterocycles. The molecule has 0 radical (unpaired) electrons. The van der Waals surface area contributed by atoms with Gasteiger partial charge in [0.1, 0.15) is 0 Å². The van der Waals surface area contributed by atoms with Gasteiger partial charge in [-0.05, 0) is 43.2 Å². The van der Waals surface area contributed by atoms with Gasteiger partial charge in [0.2, 0.25) is 5.75 Å². The van der Waals surface area contributed by atoms with Crippen LogP contribution < -0.4 is 25.3 Å². The topological polar surface area (TPSA) is 95.2 Å². The first kappa shape index (κ1) is 20.9.